The van der Waals surface area contributed by atoms with Gasteiger partial charge in [0, 0.05) is 17.5 Å². The summed E-state index contributed by atoms with van der Waals surface area (Å²) in [4.78, 5) is 0. The molecule has 0 amide bonds. The summed E-state index contributed by atoms with van der Waals surface area (Å²) >= 11 is 0. The molecule has 2 aliphatic rings. The Labute approximate surface area is 146 Å². The van der Waals surface area contributed by atoms with Crippen molar-refractivity contribution in [1.82, 2.24) is 0 Å². The van der Waals surface area contributed by atoms with E-state index in [1.807, 2.05) is 0 Å². The number of methoxy groups -OCH3 is 1. The van der Waals surface area contributed by atoms with Crippen LogP contribution in [0.5, 0.6) is 11.5 Å². The fraction of sp³-hybridized carbons (Fsp3) is 0.714. The van der Waals surface area contributed by atoms with Crippen LogP contribution in [0.1, 0.15) is 76.0 Å². The number of benzene rings is 1. The molecule has 0 aromatic heterocycles. The Morgan fingerprint density at radius 2 is 1.96 bits per heavy atom. The smallest absolute Gasteiger partial charge is 0.164 e. The zero-order valence-corrected chi connectivity index (χ0v) is 15.8. The Bertz CT molecular complexity index is 632. The quantitative estimate of drug-likeness (QED) is 0.834. The molecule has 0 heterocycles. The van der Waals surface area contributed by atoms with Crippen LogP contribution >= 0.6 is 0 Å². The summed E-state index contributed by atoms with van der Waals surface area (Å²) in [6, 6.07) is 2.14. The SMILES string of the molecule is COc1c(O)c(C(C)C)cc2c1CC1(O)CCCC(C)(C)C1CC2. The topological polar surface area (TPSA) is 49.7 Å². The van der Waals surface area contributed by atoms with Crippen molar-refractivity contribution < 1.29 is 14.9 Å². The van der Waals surface area contributed by atoms with Gasteiger partial charge in [-0.25, -0.2) is 0 Å². The highest BCUT2D eigenvalue weighted by atomic mass is 16.5. The second-order valence-electron chi connectivity index (χ2n) is 8.85. The van der Waals surface area contributed by atoms with Crippen LogP contribution in [-0.2, 0) is 12.8 Å². The van der Waals surface area contributed by atoms with E-state index in [0.29, 0.717) is 18.1 Å². The van der Waals surface area contributed by atoms with Crippen LogP contribution < -0.4 is 4.74 Å². The molecule has 0 bridgehead atoms. The van der Waals surface area contributed by atoms with Crippen molar-refractivity contribution in [1.29, 1.82) is 0 Å². The van der Waals surface area contributed by atoms with Gasteiger partial charge in [-0.1, -0.05) is 40.2 Å². The first-order chi connectivity index (χ1) is 11.2. The van der Waals surface area contributed by atoms with Crippen molar-refractivity contribution in [2.75, 3.05) is 7.11 Å². The number of phenols is 1. The predicted molar refractivity (Wildman–Crippen MR) is 96.8 cm³/mol. The first-order valence-electron chi connectivity index (χ1n) is 9.33. The summed E-state index contributed by atoms with van der Waals surface area (Å²) < 4.78 is 5.61. The lowest BCUT2D eigenvalue weighted by atomic mass is 9.59. The molecule has 0 spiro atoms. The monoisotopic (exact) mass is 332 g/mol. The summed E-state index contributed by atoms with van der Waals surface area (Å²) in [6.45, 7) is 8.78. The van der Waals surface area contributed by atoms with Crippen molar-refractivity contribution in [3.63, 3.8) is 0 Å². The molecule has 2 atom stereocenters. The van der Waals surface area contributed by atoms with Crippen LogP contribution in [0.4, 0.5) is 0 Å². The lowest BCUT2D eigenvalue weighted by Gasteiger charge is -2.49. The summed E-state index contributed by atoms with van der Waals surface area (Å²) in [6.07, 6.45) is 5.62. The van der Waals surface area contributed by atoms with E-state index >= 15 is 0 Å². The molecule has 1 saturated carbocycles. The second kappa shape index (κ2) is 5.94. The molecule has 3 nitrogen and oxygen atoms in total. The Kier molecular flexibility index (Phi) is 4.36. The van der Waals surface area contributed by atoms with Gasteiger partial charge in [0.1, 0.15) is 0 Å². The van der Waals surface area contributed by atoms with Gasteiger partial charge in [-0.2, -0.15) is 0 Å². The predicted octanol–water partition coefficient (Wildman–Crippen LogP) is 4.57. The summed E-state index contributed by atoms with van der Waals surface area (Å²) in [5.74, 6) is 1.37. The standard InChI is InChI=1S/C21H32O3/c1-13(2)15-11-14-7-8-17-20(3,4)9-6-10-21(17,23)12-16(14)19(24-5)18(15)22/h11,13,17,22-23H,6-10,12H2,1-5H3. The minimum atomic E-state index is -0.688. The minimum absolute atomic E-state index is 0.158. The Hall–Kier alpha value is -1.22. The van der Waals surface area contributed by atoms with Crippen molar-refractivity contribution in [3.05, 3.63) is 22.8 Å². The van der Waals surface area contributed by atoms with Gasteiger partial charge in [0.2, 0.25) is 0 Å². The Balaban J connectivity index is 2.12. The molecular formula is C21H32O3. The number of ether oxygens (including phenoxy) is 1. The number of phenolic OH excluding ortho intramolecular Hbond substituents is 1. The molecule has 0 radical (unpaired) electrons. The minimum Gasteiger partial charge on any atom is -0.504 e. The number of aromatic hydroxyl groups is 1. The third-order valence-corrected chi connectivity index (χ3v) is 6.51. The fourth-order valence-electron chi connectivity index (χ4n) is 5.24. The van der Waals surface area contributed by atoms with Crippen molar-refractivity contribution in [2.24, 2.45) is 11.3 Å². The molecule has 2 aliphatic carbocycles. The Morgan fingerprint density at radius 3 is 2.58 bits per heavy atom. The van der Waals surface area contributed by atoms with Crippen LogP contribution in [0.25, 0.3) is 0 Å². The van der Waals surface area contributed by atoms with Gasteiger partial charge >= 0.3 is 0 Å². The van der Waals surface area contributed by atoms with Gasteiger partial charge in [0.05, 0.1) is 12.7 Å². The van der Waals surface area contributed by atoms with Gasteiger partial charge in [0.15, 0.2) is 11.5 Å². The number of hydrogen-bond acceptors (Lipinski definition) is 3. The number of aryl methyl sites for hydroxylation is 1. The van der Waals surface area contributed by atoms with Gasteiger partial charge in [0.25, 0.3) is 0 Å². The van der Waals surface area contributed by atoms with E-state index in [9.17, 15) is 10.2 Å². The van der Waals surface area contributed by atoms with E-state index in [1.165, 1.54) is 12.0 Å². The maximum atomic E-state index is 11.5. The fourth-order valence-corrected chi connectivity index (χ4v) is 5.24. The normalized spacial score (nSPS) is 28.9. The molecule has 2 N–H and O–H groups in total. The van der Waals surface area contributed by atoms with Crippen molar-refractivity contribution in [2.45, 2.75) is 77.7 Å². The molecule has 2 unspecified atom stereocenters. The molecule has 3 rings (SSSR count). The number of rotatable bonds is 2. The summed E-state index contributed by atoms with van der Waals surface area (Å²) in [5.41, 5.74) is 2.67. The maximum absolute atomic E-state index is 11.5. The molecule has 1 aromatic carbocycles. The molecule has 134 valence electrons. The maximum Gasteiger partial charge on any atom is 0.164 e. The van der Waals surface area contributed by atoms with Crippen molar-refractivity contribution in [3.8, 4) is 11.5 Å². The number of hydrogen-bond donors (Lipinski definition) is 2. The second-order valence-corrected chi connectivity index (χ2v) is 8.85. The molecule has 1 aromatic rings. The highest BCUT2D eigenvalue weighted by Gasteiger charge is 2.49. The van der Waals surface area contributed by atoms with Gasteiger partial charge in [-0.3, -0.25) is 0 Å². The third kappa shape index (κ3) is 2.71. The van der Waals surface area contributed by atoms with E-state index in [-0.39, 0.29) is 17.1 Å². The number of fused-ring (bicyclic) bond motifs is 2. The average molecular weight is 332 g/mol. The van der Waals surface area contributed by atoms with Gasteiger partial charge in [-0.15, -0.1) is 0 Å². The molecule has 0 aliphatic heterocycles. The van der Waals surface area contributed by atoms with Crippen LogP contribution in [0.3, 0.4) is 0 Å². The van der Waals surface area contributed by atoms with Crippen LogP contribution in [0, 0.1) is 11.3 Å². The third-order valence-electron chi connectivity index (χ3n) is 6.51. The van der Waals surface area contributed by atoms with E-state index in [4.69, 9.17) is 4.74 Å². The lowest BCUT2D eigenvalue weighted by molar-refractivity contribution is -0.102. The van der Waals surface area contributed by atoms with Crippen molar-refractivity contribution >= 4 is 0 Å². The number of aliphatic hydroxyl groups is 1. The highest BCUT2D eigenvalue weighted by Crippen LogP contribution is 2.53. The largest absolute Gasteiger partial charge is 0.504 e. The van der Waals surface area contributed by atoms with E-state index < -0.39 is 5.60 Å². The van der Waals surface area contributed by atoms with Crippen LogP contribution in [-0.4, -0.2) is 22.9 Å². The average Bonchev–Trinajstić information content (AvgIpc) is 2.62. The lowest BCUT2D eigenvalue weighted by Crippen LogP contribution is -2.50. The first-order valence-corrected chi connectivity index (χ1v) is 9.33. The zero-order valence-electron chi connectivity index (χ0n) is 15.8. The first kappa shape index (κ1) is 17.6. The van der Waals surface area contributed by atoms with Gasteiger partial charge < -0.3 is 14.9 Å². The molecule has 24 heavy (non-hydrogen) atoms. The van der Waals surface area contributed by atoms with Gasteiger partial charge in [-0.05, 0) is 48.5 Å². The Morgan fingerprint density at radius 1 is 1.25 bits per heavy atom. The molecule has 0 saturated heterocycles. The molecule has 3 heteroatoms. The highest BCUT2D eigenvalue weighted by molar-refractivity contribution is 5.57. The molecular weight excluding hydrogens is 300 g/mol. The van der Waals surface area contributed by atoms with E-state index in [0.717, 1.165) is 36.8 Å². The summed E-state index contributed by atoms with van der Waals surface area (Å²) in [5, 5.41) is 22.2. The van der Waals surface area contributed by atoms with E-state index in [2.05, 4.69) is 33.8 Å². The zero-order chi connectivity index (χ0) is 17.7. The summed E-state index contributed by atoms with van der Waals surface area (Å²) in [7, 11) is 1.62. The molecule has 1 fully saturated rings. The van der Waals surface area contributed by atoms with Crippen LogP contribution in [0.15, 0.2) is 6.07 Å². The van der Waals surface area contributed by atoms with E-state index in [1.54, 1.807) is 7.11 Å². The van der Waals surface area contributed by atoms with Crippen LogP contribution in [0.2, 0.25) is 0 Å².